The molecule has 0 bridgehead atoms. The molecular weight excluding hydrogens is 320 g/mol. The van der Waals surface area contributed by atoms with Crippen molar-refractivity contribution in [3.63, 3.8) is 0 Å². The SMILES string of the molecule is Cc1ccc(CCC2CCN(C(=O)C3CCNCC3)CC2)cc1.Cl. The van der Waals surface area contributed by atoms with Gasteiger partial charge in [-0.1, -0.05) is 29.8 Å². The van der Waals surface area contributed by atoms with E-state index in [9.17, 15) is 4.79 Å². The van der Waals surface area contributed by atoms with E-state index in [4.69, 9.17) is 0 Å². The third-order valence-electron chi connectivity index (χ3n) is 5.58. The lowest BCUT2D eigenvalue weighted by Crippen LogP contribution is -2.44. The molecule has 4 heteroatoms. The van der Waals surface area contributed by atoms with E-state index in [1.54, 1.807) is 0 Å². The van der Waals surface area contributed by atoms with Gasteiger partial charge in [0.15, 0.2) is 0 Å². The van der Waals surface area contributed by atoms with Crippen molar-refractivity contribution in [3.8, 4) is 0 Å². The Bertz CT molecular complexity index is 503. The molecule has 3 nitrogen and oxygen atoms in total. The average Bonchev–Trinajstić information content (AvgIpc) is 2.62. The van der Waals surface area contributed by atoms with Gasteiger partial charge in [-0.05, 0) is 70.0 Å². The minimum atomic E-state index is 0. The minimum absolute atomic E-state index is 0. The molecule has 2 saturated heterocycles. The lowest BCUT2D eigenvalue weighted by molar-refractivity contribution is -0.137. The van der Waals surface area contributed by atoms with E-state index >= 15 is 0 Å². The highest BCUT2D eigenvalue weighted by Gasteiger charge is 2.28. The molecule has 2 heterocycles. The van der Waals surface area contributed by atoms with Gasteiger partial charge in [0.2, 0.25) is 5.91 Å². The van der Waals surface area contributed by atoms with Gasteiger partial charge in [0.25, 0.3) is 0 Å². The number of benzene rings is 1. The van der Waals surface area contributed by atoms with E-state index in [0.29, 0.717) is 5.91 Å². The fourth-order valence-corrected chi connectivity index (χ4v) is 3.89. The monoisotopic (exact) mass is 350 g/mol. The molecule has 0 aliphatic carbocycles. The summed E-state index contributed by atoms with van der Waals surface area (Å²) in [7, 11) is 0. The highest BCUT2D eigenvalue weighted by molar-refractivity contribution is 5.85. The van der Waals surface area contributed by atoms with Crippen LogP contribution >= 0.6 is 12.4 Å². The van der Waals surface area contributed by atoms with E-state index < -0.39 is 0 Å². The fraction of sp³-hybridized carbons (Fsp3) is 0.650. The van der Waals surface area contributed by atoms with Crippen molar-refractivity contribution < 1.29 is 4.79 Å². The standard InChI is InChI=1S/C20H30N2O.ClH/c1-16-2-4-17(5-3-16)6-7-18-10-14-22(15-11-18)20(23)19-8-12-21-13-9-19;/h2-5,18-19,21H,6-15H2,1H3;1H. The zero-order valence-electron chi connectivity index (χ0n) is 14.8. The Morgan fingerprint density at radius 3 is 2.33 bits per heavy atom. The summed E-state index contributed by atoms with van der Waals surface area (Å²) in [4.78, 5) is 14.7. The molecule has 0 unspecified atom stereocenters. The van der Waals surface area contributed by atoms with Crippen LogP contribution in [0.5, 0.6) is 0 Å². The lowest BCUT2D eigenvalue weighted by Gasteiger charge is -2.35. The number of amides is 1. The Morgan fingerprint density at radius 1 is 1.08 bits per heavy atom. The van der Waals surface area contributed by atoms with Crippen LogP contribution in [0.1, 0.15) is 43.2 Å². The molecular formula is C20H31ClN2O. The maximum Gasteiger partial charge on any atom is 0.225 e. The second-order valence-corrected chi connectivity index (χ2v) is 7.32. The summed E-state index contributed by atoms with van der Waals surface area (Å²) in [6, 6.07) is 8.92. The maximum absolute atomic E-state index is 12.6. The van der Waals surface area contributed by atoms with Crippen molar-refractivity contribution in [3.05, 3.63) is 35.4 Å². The first-order valence-corrected chi connectivity index (χ1v) is 9.27. The van der Waals surface area contributed by atoms with Crippen LogP contribution in [0, 0.1) is 18.8 Å². The van der Waals surface area contributed by atoms with Gasteiger partial charge in [0.05, 0.1) is 0 Å². The lowest BCUT2D eigenvalue weighted by atomic mass is 9.89. The largest absolute Gasteiger partial charge is 0.342 e. The van der Waals surface area contributed by atoms with Crippen LogP contribution in [0.3, 0.4) is 0 Å². The Labute approximate surface area is 152 Å². The average molecular weight is 351 g/mol. The first-order chi connectivity index (χ1) is 11.2. The van der Waals surface area contributed by atoms with E-state index in [1.807, 2.05) is 0 Å². The maximum atomic E-state index is 12.6. The summed E-state index contributed by atoms with van der Waals surface area (Å²) in [6.07, 6.45) is 6.84. The summed E-state index contributed by atoms with van der Waals surface area (Å²) in [6.45, 7) is 6.09. The van der Waals surface area contributed by atoms with Crippen molar-refractivity contribution in [2.45, 2.75) is 45.4 Å². The number of halogens is 1. The molecule has 24 heavy (non-hydrogen) atoms. The fourth-order valence-electron chi connectivity index (χ4n) is 3.89. The molecule has 3 rings (SSSR count). The highest BCUT2D eigenvalue weighted by Crippen LogP contribution is 2.25. The number of piperidine rings is 2. The molecule has 0 atom stereocenters. The van der Waals surface area contributed by atoms with Crippen LogP contribution in [0.15, 0.2) is 24.3 Å². The van der Waals surface area contributed by atoms with Crippen LogP contribution in [-0.2, 0) is 11.2 Å². The van der Waals surface area contributed by atoms with Crippen LogP contribution in [0.25, 0.3) is 0 Å². The number of nitrogens with one attached hydrogen (secondary N) is 1. The van der Waals surface area contributed by atoms with Gasteiger partial charge in [0, 0.05) is 19.0 Å². The van der Waals surface area contributed by atoms with Gasteiger partial charge in [-0.25, -0.2) is 0 Å². The Kier molecular flexibility index (Phi) is 7.57. The number of nitrogens with zero attached hydrogens (tertiary/aromatic N) is 1. The predicted octanol–water partition coefficient (Wildman–Crippen LogP) is 3.59. The summed E-state index contributed by atoms with van der Waals surface area (Å²) in [5.41, 5.74) is 2.78. The predicted molar refractivity (Wildman–Crippen MR) is 102 cm³/mol. The van der Waals surface area contributed by atoms with Gasteiger partial charge < -0.3 is 10.2 Å². The summed E-state index contributed by atoms with van der Waals surface area (Å²) in [5.74, 6) is 1.48. The quantitative estimate of drug-likeness (QED) is 0.900. The first-order valence-electron chi connectivity index (χ1n) is 9.27. The number of carbonyl (C=O) groups excluding carboxylic acids is 1. The molecule has 134 valence electrons. The molecule has 1 amide bonds. The molecule has 0 aromatic heterocycles. The van der Waals surface area contributed by atoms with Gasteiger partial charge >= 0.3 is 0 Å². The van der Waals surface area contributed by atoms with Crippen molar-refractivity contribution in [2.24, 2.45) is 11.8 Å². The number of hydrogen-bond acceptors (Lipinski definition) is 2. The molecule has 2 fully saturated rings. The van der Waals surface area contributed by atoms with Crippen molar-refractivity contribution in [2.75, 3.05) is 26.2 Å². The zero-order chi connectivity index (χ0) is 16.1. The van der Waals surface area contributed by atoms with E-state index in [2.05, 4.69) is 41.4 Å². The molecule has 1 N–H and O–H groups in total. The van der Waals surface area contributed by atoms with Crippen LogP contribution in [-0.4, -0.2) is 37.0 Å². The van der Waals surface area contributed by atoms with Gasteiger partial charge in [0.1, 0.15) is 0 Å². The molecule has 0 radical (unpaired) electrons. The first kappa shape index (κ1) is 19.3. The van der Waals surface area contributed by atoms with Crippen LogP contribution < -0.4 is 5.32 Å². The van der Waals surface area contributed by atoms with Gasteiger partial charge in [-0.3, -0.25) is 4.79 Å². The number of rotatable bonds is 4. The molecule has 1 aromatic carbocycles. The molecule has 0 saturated carbocycles. The van der Waals surface area contributed by atoms with Crippen LogP contribution in [0.4, 0.5) is 0 Å². The summed E-state index contributed by atoms with van der Waals surface area (Å²) in [5, 5.41) is 3.34. The highest BCUT2D eigenvalue weighted by atomic mass is 35.5. The summed E-state index contributed by atoms with van der Waals surface area (Å²) >= 11 is 0. The molecule has 0 spiro atoms. The summed E-state index contributed by atoms with van der Waals surface area (Å²) < 4.78 is 0. The number of hydrogen-bond donors (Lipinski definition) is 1. The Hall–Kier alpha value is -1.06. The third kappa shape index (κ3) is 5.22. The zero-order valence-corrected chi connectivity index (χ0v) is 15.6. The van der Waals surface area contributed by atoms with Gasteiger partial charge in [-0.2, -0.15) is 0 Å². The molecule has 2 aliphatic heterocycles. The molecule has 1 aromatic rings. The second kappa shape index (κ2) is 9.43. The third-order valence-corrected chi connectivity index (χ3v) is 5.58. The number of carbonyl (C=O) groups is 1. The smallest absolute Gasteiger partial charge is 0.225 e. The van der Waals surface area contributed by atoms with Crippen LogP contribution in [0.2, 0.25) is 0 Å². The van der Waals surface area contributed by atoms with E-state index in [1.165, 1.54) is 36.8 Å². The van der Waals surface area contributed by atoms with Crippen molar-refractivity contribution in [1.29, 1.82) is 0 Å². The topological polar surface area (TPSA) is 32.3 Å². The normalized spacial score (nSPS) is 19.8. The van der Waals surface area contributed by atoms with E-state index in [0.717, 1.165) is 44.9 Å². The Balaban J connectivity index is 0.00000208. The number of aryl methyl sites for hydroxylation is 2. The second-order valence-electron chi connectivity index (χ2n) is 7.32. The van der Waals surface area contributed by atoms with E-state index in [-0.39, 0.29) is 18.3 Å². The van der Waals surface area contributed by atoms with Gasteiger partial charge in [-0.15, -0.1) is 12.4 Å². The minimum Gasteiger partial charge on any atom is -0.342 e. The van der Waals surface area contributed by atoms with Crippen molar-refractivity contribution >= 4 is 18.3 Å². The number of likely N-dealkylation sites (tertiary alicyclic amines) is 1. The van der Waals surface area contributed by atoms with Crippen molar-refractivity contribution in [1.82, 2.24) is 10.2 Å². The molecule has 2 aliphatic rings. The Morgan fingerprint density at radius 2 is 1.71 bits per heavy atom.